The molecule has 1 fully saturated rings. The van der Waals surface area contributed by atoms with Crippen LogP contribution in [0.1, 0.15) is 18.4 Å². The van der Waals surface area contributed by atoms with Gasteiger partial charge in [0.2, 0.25) is 5.91 Å². The smallest absolute Gasteiger partial charge is 0.307 e. The molecule has 0 radical (unpaired) electrons. The van der Waals surface area contributed by atoms with Crippen LogP contribution in [-0.4, -0.2) is 23.4 Å². The Balaban J connectivity index is 2.08. The molecule has 3 amide bonds. The van der Waals surface area contributed by atoms with Gasteiger partial charge in [0.25, 0.3) is 0 Å². The fourth-order valence-corrected chi connectivity index (χ4v) is 1.76. The minimum Gasteiger partial charge on any atom is -0.307 e. The maximum atomic E-state index is 11.8. The number of likely N-dealkylation sites (tertiary alicyclic amines) is 1. The second kappa shape index (κ2) is 4.35. The first kappa shape index (κ1) is 10.7. The lowest BCUT2D eigenvalue weighted by Crippen LogP contribution is -2.35. The van der Waals surface area contributed by atoms with Crippen molar-refractivity contribution in [3.05, 3.63) is 29.8 Å². The van der Waals surface area contributed by atoms with Crippen LogP contribution in [0.25, 0.3) is 0 Å². The van der Waals surface area contributed by atoms with Crippen LogP contribution in [0.4, 0.5) is 10.5 Å². The molecule has 0 aromatic heterocycles. The lowest BCUT2D eigenvalue weighted by atomic mass is 10.2. The molecule has 1 heterocycles. The summed E-state index contributed by atoms with van der Waals surface area (Å²) in [6, 6.07) is 7.19. The van der Waals surface area contributed by atoms with Crippen molar-refractivity contribution in [3.63, 3.8) is 0 Å². The molecule has 1 aromatic rings. The SMILES string of the molecule is Cc1ccccc1NC(=O)N1CCCC1=O. The van der Waals surface area contributed by atoms with Gasteiger partial charge in [0.1, 0.15) is 0 Å². The van der Waals surface area contributed by atoms with Crippen LogP contribution in [0.3, 0.4) is 0 Å². The molecule has 16 heavy (non-hydrogen) atoms. The van der Waals surface area contributed by atoms with Gasteiger partial charge in [-0.2, -0.15) is 0 Å². The summed E-state index contributed by atoms with van der Waals surface area (Å²) in [5.41, 5.74) is 1.75. The number of benzene rings is 1. The molecule has 4 nitrogen and oxygen atoms in total. The van der Waals surface area contributed by atoms with Gasteiger partial charge in [-0.25, -0.2) is 4.79 Å². The maximum absolute atomic E-state index is 11.8. The first-order chi connectivity index (χ1) is 7.68. The van der Waals surface area contributed by atoms with Crippen LogP contribution in [0, 0.1) is 6.92 Å². The van der Waals surface area contributed by atoms with Crippen LogP contribution in [-0.2, 0) is 4.79 Å². The highest BCUT2D eigenvalue weighted by atomic mass is 16.2. The van der Waals surface area contributed by atoms with E-state index in [2.05, 4.69) is 5.32 Å². The zero-order valence-corrected chi connectivity index (χ0v) is 9.19. The van der Waals surface area contributed by atoms with E-state index in [-0.39, 0.29) is 11.9 Å². The van der Waals surface area contributed by atoms with E-state index in [0.717, 1.165) is 17.7 Å². The van der Waals surface area contributed by atoms with Crippen LogP contribution in [0.5, 0.6) is 0 Å². The van der Waals surface area contributed by atoms with Gasteiger partial charge in [0.05, 0.1) is 0 Å². The molecule has 2 rings (SSSR count). The van der Waals surface area contributed by atoms with Crippen molar-refractivity contribution in [2.45, 2.75) is 19.8 Å². The van der Waals surface area contributed by atoms with E-state index in [4.69, 9.17) is 0 Å². The van der Waals surface area contributed by atoms with Crippen molar-refractivity contribution in [1.29, 1.82) is 0 Å². The van der Waals surface area contributed by atoms with Crippen molar-refractivity contribution < 1.29 is 9.59 Å². The average Bonchev–Trinajstić information content (AvgIpc) is 2.68. The van der Waals surface area contributed by atoms with Gasteiger partial charge in [-0.15, -0.1) is 0 Å². The maximum Gasteiger partial charge on any atom is 0.328 e. The monoisotopic (exact) mass is 218 g/mol. The minimum absolute atomic E-state index is 0.0916. The molecular weight excluding hydrogens is 204 g/mol. The third-order valence-corrected chi connectivity index (χ3v) is 2.71. The summed E-state index contributed by atoms with van der Waals surface area (Å²) in [5, 5.41) is 2.75. The minimum atomic E-state index is -0.322. The highest BCUT2D eigenvalue weighted by molar-refractivity contribution is 6.02. The standard InChI is InChI=1S/C12H14N2O2/c1-9-5-2-3-6-10(9)13-12(16)14-8-4-7-11(14)15/h2-3,5-6H,4,7-8H2,1H3,(H,13,16). The van der Waals surface area contributed by atoms with E-state index in [1.165, 1.54) is 4.90 Å². The number of carbonyl (C=O) groups excluding carboxylic acids is 2. The van der Waals surface area contributed by atoms with Gasteiger partial charge in [0.15, 0.2) is 0 Å². The summed E-state index contributed by atoms with van der Waals surface area (Å²) in [5.74, 6) is -0.0916. The topological polar surface area (TPSA) is 49.4 Å². The van der Waals surface area contributed by atoms with Gasteiger partial charge in [-0.3, -0.25) is 9.69 Å². The number of amides is 3. The van der Waals surface area contributed by atoms with Crippen LogP contribution < -0.4 is 5.32 Å². The summed E-state index contributed by atoms with van der Waals surface area (Å²) in [7, 11) is 0. The van der Waals surface area contributed by atoms with Crippen LogP contribution in [0.15, 0.2) is 24.3 Å². The second-order valence-corrected chi connectivity index (χ2v) is 3.89. The van der Waals surface area contributed by atoms with Crippen molar-refractivity contribution in [2.24, 2.45) is 0 Å². The molecule has 4 heteroatoms. The Bertz CT molecular complexity index is 429. The van der Waals surface area contributed by atoms with E-state index in [1.54, 1.807) is 0 Å². The number of hydrogen-bond acceptors (Lipinski definition) is 2. The number of urea groups is 1. The Morgan fingerprint density at radius 2 is 2.12 bits per heavy atom. The fourth-order valence-electron chi connectivity index (χ4n) is 1.76. The van der Waals surface area contributed by atoms with E-state index >= 15 is 0 Å². The first-order valence-corrected chi connectivity index (χ1v) is 5.35. The van der Waals surface area contributed by atoms with Gasteiger partial charge in [-0.05, 0) is 25.0 Å². The number of nitrogens with one attached hydrogen (secondary N) is 1. The number of imide groups is 1. The molecule has 0 spiro atoms. The molecule has 1 aromatic carbocycles. The molecule has 1 aliphatic heterocycles. The first-order valence-electron chi connectivity index (χ1n) is 5.35. The molecule has 1 aliphatic rings. The summed E-state index contributed by atoms with van der Waals surface area (Å²) < 4.78 is 0. The number of para-hydroxylation sites is 1. The zero-order valence-electron chi connectivity index (χ0n) is 9.19. The second-order valence-electron chi connectivity index (χ2n) is 3.89. The normalized spacial score (nSPS) is 15.3. The van der Waals surface area contributed by atoms with E-state index in [0.29, 0.717) is 13.0 Å². The van der Waals surface area contributed by atoms with Gasteiger partial charge in [0, 0.05) is 18.7 Å². The number of aryl methyl sites for hydroxylation is 1. The summed E-state index contributed by atoms with van der Waals surface area (Å²) in [6.45, 7) is 2.44. The molecule has 0 saturated carbocycles. The third kappa shape index (κ3) is 2.05. The number of rotatable bonds is 1. The van der Waals surface area contributed by atoms with Crippen molar-refractivity contribution in [1.82, 2.24) is 4.90 Å². The van der Waals surface area contributed by atoms with Gasteiger partial charge < -0.3 is 5.32 Å². The zero-order chi connectivity index (χ0) is 11.5. The van der Waals surface area contributed by atoms with E-state index in [9.17, 15) is 9.59 Å². The van der Waals surface area contributed by atoms with Crippen molar-refractivity contribution >= 4 is 17.6 Å². The molecule has 84 valence electrons. The Morgan fingerprint density at radius 3 is 2.75 bits per heavy atom. The molecule has 1 N–H and O–H groups in total. The molecule has 0 bridgehead atoms. The van der Waals surface area contributed by atoms with Crippen molar-refractivity contribution in [3.8, 4) is 0 Å². The molecule has 0 atom stereocenters. The Kier molecular flexibility index (Phi) is 2.90. The van der Waals surface area contributed by atoms with E-state index < -0.39 is 0 Å². The lowest BCUT2D eigenvalue weighted by Gasteiger charge is -2.15. The van der Waals surface area contributed by atoms with Crippen molar-refractivity contribution in [2.75, 3.05) is 11.9 Å². The Labute approximate surface area is 94.2 Å². The third-order valence-electron chi connectivity index (χ3n) is 2.71. The highest BCUT2D eigenvalue weighted by Crippen LogP contribution is 2.16. The molecule has 0 unspecified atom stereocenters. The predicted octanol–water partition coefficient (Wildman–Crippen LogP) is 2.15. The summed E-state index contributed by atoms with van der Waals surface area (Å²) in [4.78, 5) is 24.4. The summed E-state index contributed by atoms with van der Waals surface area (Å²) in [6.07, 6.45) is 1.24. The largest absolute Gasteiger partial charge is 0.328 e. The van der Waals surface area contributed by atoms with Gasteiger partial charge in [-0.1, -0.05) is 18.2 Å². The van der Waals surface area contributed by atoms with Crippen LogP contribution >= 0.6 is 0 Å². The quantitative estimate of drug-likeness (QED) is 0.785. The summed E-state index contributed by atoms with van der Waals surface area (Å²) >= 11 is 0. The fraction of sp³-hybridized carbons (Fsp3) is 0.333. The number of carbonyl (C=O) groups is 2. The molecule has 0 aliphatic carbocycles. The number of hydrogen-bond donors (Lipinski definition) is 1. The van der Waals surface area contributed by atoms with Gasteiger partial charge >= 0.3 is 6.03 Å². The lowest BCUT2D eigenvalue weighted by molar-refractivity contribution is -0.125. The van der Waals surface area contributed by atoms with Crippen LogP contribution in [0.2, 0.25) is 0 Å². The molecular formula is C12H14N2O2. The highest BCUT2D eigenvalue weighted by Gasteiger charge is 2.26. The average molecular weight is 218 g/mol. The number of anilines is 1. The predicted molar refractivity (Wildman–Crippen MR) is 61.1 cm³/mol. The number of nitrogens with zero attached hydrogens (tertiary/aromatic N) is 1. The Hall–Kier alpha value is -1.84. The van der Waals surface area contributed by atoms with E-state index in [1.807, 2.05) is 31.2 Å². The molecule has 1 saturated heterocycles. The Morgan fingerprint density at radius 1 is 1.38 bits per heavy atom.